The summed E-state index contributed by atoms with van der Waals surface area (Å²) in [5, 5.41) is 0. The molecule has 4 nitrogen and oxygen atoms in total. The van der Waals surface area contributed by atoms with Crippen LogP contribution in [0.3, 0.4) is 0 Å². The van der Waals surface area contributed by atoms with Crippen molar-refractivity contribution in [2.24, 2.45) is 0 Å². The molecule has 1 aromatic carbocycles. The Hall–Kier alpha value is -1.09. The number of benzene rings is 1. The molecule has 0 spiro atoms. The van der Waals surface area contributed by atoms with Crippen LogP contribution in [0.4, 0.5) is 0 Å². The zero-order valence-electron chi connectivity index (χ0n) is 10.4. The number of aryl methyl sites for hydroxylation is 2. The average Bonchev–Trinajstić information content (AvgIpc) is 2.11. The van der Waals surface area contributed by atoms with Gasteiger partial charge < -0.3 is 4.52 Å². The zero-order valence-corrected chi connectivity index (χ0v) is 11.3. The van der Waals surface area contributed by atoms with Crippen molar-refractivity contribution in [3.63, 3.8) is 0 Å². The van der Waals surface area contributed by atoms with Crippen LogP contribution in [0.15, 0.2) is 12.6 Å². The minimum atomic E-state index is -4.55. The zero-order chi connectivity index (χ0) is 13.4. The van der Waals surface area contributed by atoms with Crippen LogP contribution in [-0.4, -0.2) is 9.79 Å². The smallest absolute Gasteiger partial charge is 0.404 e. The highest BCUT2D eigenvalue weighted by Crippen LogP contribution is 2.42. The molecule has 5 heteroatoms. The fourth-order valence-corrected chi connectivity index (χ4v) is 2.28. The van der Waals surface area contributed by atoms with Crippen molar-refractivity contribution in [2.45, 2.75) is 27.7 Å². The van der Waals surface area contributed by atoms with Gasteiger partial charge in [-0.2, -0.15) is 0 Å². The van der Waals surface area contributed by atoms with Gasteiger partial charge in [-0.1, -0.05) is 12.6 Å². The number of rotatable bonds is 3. The number of hydrogen-bond donors (Lipinski definition) is 2. The second-order valence-corrected chi connectivity index (χ2v) is 5.30. The summed E-state index contributed by atoms with van der Waals surface area (Å²) in [6, 6.07) is 1.95. The molecule has 1 aromatic rings. The third-order valence-electron chi connectivity index (χ3n) is 2.86. The highest BCUT2D eigenvalue weighted by atomic mass is 31.2. The van der Waals surface area contributed by atoms with E-state index in [2.05, 4.69) is 11.1 Å². The maximum absolute atomic E-state index is 10.8. The number of hydrogen-bond acceptors (Lipinski definition) is 2. The molecular weight excluding hydrogens is 239 g/mol. The Bertz CT molecular complexity index is 514. The van der Waals surface area contributed by atoms with Gasteiger partial charge in [0.2, 0.25) is 0 Å². The van der Waals surface area contributed by atoms with Gasteiger partial charge in [-0.3, -0.25) is 9.79 Å². The predicted molar refractivity (Wildman–Crippen MR) is 67.6 cm³/mol. The predicted octanol–water partition coefficient (Wildman–Crippen LogP) is 3.00. The van der Waals surface area contributed by atoms with Gasteiger partial charge in [-0.15, -0.1) is 0 Å². The molecular formula is C12H17O4P. The summed E-state index contributed by atoms with van der Waals surface area (Å²) < 4.78 is 15.4. The van der Waals surface area contributed by atoms with E-state index in [4.69, 9.17) is 9.79 Å². The molecule has 1 rings (SSSR count). The first-order chi connectivity index (χ1) is 7.63. The Balaban J connectivity index is 3.28. The molecule has 0 unspecified atom stereocenters. The molecule has 0 fully saturated rings. The van der Waals surface area contributed by atoms with Crippen molar-refractivity contribution in [1.29, 1.82) is 0 Å². The van der Waals surface area contributed by atoms with Gasteiger partial charge in [0, 0.05) is 5.56 Å². The first-order valence-corrected chi connectivity index (χ1v) is 6.68. The van der Waals surface area contributed by atoms with Crippen LogP contribution >= 0.6 is 7.82 Å². The largest absolute Gasteiger partial charge is 0.524 e. The lowest BCUT2D eigenvalue weighted by Gasteiger charge is -2.17. The Morgan fingerprint density at radius 2 is 1.71 bits per heavy atom. The van der Waals surface area contributed by atoms with Gasteiger partial charge in [0.25, 0.3) is 0 Å². The molecule has 0 heterocycles. The molecule has 0 saturated heterocycles. The standard InChI is InChI=1S/C12H17O4P/c1-7-6-8(2)12(10(4)9(7)3)11(5)16-17(13,14)15/h6H,5H2,1-4H3,(H2,13,14,15). The molecule has 0 bridgehead atoms. The normalized spacial score (nSPS) is 11.4. The number of phosphoric ester groups is 1. The maximum atomic E-state index is 10.8. The Morgan fingerprint density at radius 3 is 2.18 bits per heavy atom. The Labute approximate surface area is 101 Å². The lowest BCUT2D eigenvalue weighted by molar-refractivity contribution is 0.269. The van der Waals surface area contributed by atoms with Crippen LogP contribution < -0.4 is 0 Å². The van der Waals surface area contributed by atoms with E-state index < -0.39 is 7.82 Å². The summed E-state index contributed by atoms with van der Waals surface area (Å²) in [4.78, 5) is 17.6. The van der Waals surface area contributed by atoms with E-state index in [0.717, 1.165) is 22.3 Å². The summed E-state index contributed by atoms with van der Waals surface area (Å²) in [6.07, 6.45) is 0. The van der Waals surface area contributed by atoms with Gasteiger partial charge in [-0.05, 0) is 49.9 Å². The van der Waals surface area contributed by atoms with Gasteiger partial charge in [0.15, 0.2) is 0 Å². The van der Waals surface area contributed by atoms with E-state index in [1.54, 1.807) is 0 Å². The van der Waals surface area contributed by atoms with Crippen LogP contribution in [0.25, 0.3) is 5.76 Å². The summed E-state index contributed by atoms with van der Waals surface area (Å²) in [5.41, 5.74) is 4.69. The Morgan fingerprint density at radius 1 is 1.18 bits per heavy atom. The van der Waals surface area contributed by atoms with E-state index >= 15 is 0 Å². The number of phosphoric acid groups is 1. The fraction of sp³-hybridized carbons (Fsp3) is 0.333. The first-order valence-electron chi connectivity index (χ1n) is 5.15. The van der Waals surface area contributed by atoms with Gasteiger partial charge in [-0.25, -0.2) is 4.57 Å². The van der Waals surface area contributed by atoms with Crippen LogP contribution in [-0.2, 0) is 9.09 Å². The Kier molecular flexibility index (Phi) is 3.82. The highest BCUT2D eigenvalue weighted by molar-refractivity contribution is 7.46. The van der Waals surface area contributed by atoms with Gasteiger partial charge in [0.1, 0.15) is 5.76 Å². The van der Waals surface area contributed by atoms with Crippen molar-refractivity contribution in [2.75, 3.05) is 0 Å². The van der Waals surface area contributed by atoms with E-state index in [0.29, 0.717) is 5.56 Å². The average molecular weight is 256 g/mol. The van der Waals surface area contributed by atoms with Gasteiger partial charge in [0.05, 0.1) is 0 Å². The maximum Gasteiger partial charge on any atom is 0.524 e. The highest BCUT2D eigenvalue weighted by Gasteiger charge is 2.20. The molecule has 17 heavy (non-hydrogen) atoms. The van der Waals surface area contributed by atoms with Crippen molar-refractivity contribution >= 4 is 13.6 Å². The molecule has 0 aliphatic heterocycles. The van der Waals surface area contributed by atoms with Crippen LogP contribution in [0.1, 0.15) is 27.8 Å². The van der Waals surface area contributed by atoms with E-state index in [-0.39, 0.29) is 5.76 Å². The van der Waals surface area contributed by atoms with E-state index in [1.165, 1.54) is 0 Å². The quantitative estimate of drug-likeness (QED) is 0.644. The lowest BCUT2D eigenvalue weighted by atomic mass is 9.94. The summed E-state index contributed by atoms with van der Waals surface area (Å²) in [6.45, 7) is 11.3. The summed E-state index contributed by atoms with van der Waals surface area (Å²) in [5.74, 6) is 0.0106. The third kappa shape index (κ3) is 3.19. The van der Waals surface area contributed by atoms with Gasteiger partial charge >= 0.3 is 7.82 Å². The monoisotopic (exact) mass is 256 g/mol. The minimum Gasteiger partial charge on any atom is -0.404 e. The molecule has 0 aromatic heterocycles. The topological polar surface area (TPSA) is 66.8 Å². The van der Waals surface area contributed by atoms with Crippen LogP contribution in [0, 0.1) is 27.7 Å². The SMILES string of the molecule is C=C(OP(=O)(O)O)c1c(C)cc(C)c(C)c1C. The van der Waals surface area contributed by atoms with E-state index in [1.807, 2.05) is 33.8 Å². The summed E-state index contributed by atoms with van der Waals surface area (Å²) >= 11 is 0. The van der Waals surface area contributed by atoms with Crippen molar-refractivity contribution < 1.29 is 18.9 Å². The molecule has 2 N–H and O–H groups in total. The summed E-state index contributed by atoms with van der Waals surface area (Å²) in [7, 11) is -4.55. The fourth-order valence-electron chi connectivity index (χ4n) is 1.90. The second kappa shape index (κ2) is 4.65. The molecule has 0 atom stereocenters. The molecule has 0 aliphatic rings. The van der Waals surface area contributed by atoms with E-state index in [9.17, 15) is 4.57 Å². The molecule has 0 amide bonds. The molecule has 0 saturated carbocycles. The molecule has 0 radical (unpaired) electrons. The van der Waals surface area contributed by atoms with Crippen molar-refractivity contribution in [3.05, 3.63) is 40.5 Å². The van der Waals surface area contributed by atoms with Crippen LogP contribution in [0.5, 0.6) is 0 Å². The first kappa shape index (κ1) is 14.0. The molecule has 0 aliphatic carbocycles. The van der Waals surface area contributed by atoms with Crippen molar-refractivity contribution in [3.8, 4) is 0 Å². The molecule has 94 valence electrons. The third-order valence-corrected chi connectivity index (χ3v) is 3.32. The van der Waals surface area contributed by atoms with Crippen LogP contribution in [0.2, 0.25) is 0 Å². The minimum absolute atomic E-state index is 0.0106. The lowest BCUT2D eigenvalue weighted by Crippen LogP contribution is -2.00. The van der Waals surface area contributed by atoms with Crippen molar-refractivity contribution in [1.82, 2.24) is 0 Å². The second-order valence-electron chi connectivity index (χ2n) is 4.14.